The van der Waals surface area contributed by atoms with Crippen LogP contribution in [0.15, 0.2) is 23.3 Å². The van der Waals surface area contributed by atoms with Crippen LogP contribution in [0.4, 0.5) is 0 Å². The molecule has 0 aliphatic heterocycles. The third-order valence-corrected chi connectivity index (χ3v) is 10.4. The van der Waals surface area contributed by atoms with Crippen LogP contribution in [0.25, 0.3) is 0 Å². The first kappa shape index (κ1) is 21.1. The first-order chi connectivity index (χ1) is 13.4. The largest absolute Gasteiger partial charge is 0.300 e. The van der Waals surface area contributed by atoms with E-state index in [-0.39, 0.29) is 21.7 Å². The average Bonchev–Trinajstić information content (AvgIpc) is 3.15. The molecule has 0 aromatic carbocycles. The number of allylic oxidation sites excluding steroid dienone is 3. The van der Waals surface area contributed by atoms with Crippen molar-refractivity contribution < 1.29 is 9.59 Å². The lowest BCUT2D eigenvalue weighted by Gasteiger charge is -2.55. The van der Waals surface area contributed by atoms with Crippen LogP contribution in [0.3, 0.4) is 0 Å². The number of Topliss-reactive ketones (excluding diaryl/α,β-unsaturated/α-hetero) is 2. The molecule has 0 bridgehead atoms. The second-order valence-corrected chi connectivity index (χ2v) is 11.8. The summed E-state index contributed by atoms with van der Waals surface area (Å²) in [5, 5.41) is 0. The zero-order valence-electron chi connectivity index (χ0n) is 19.5. The van der Waals surface area contributed by atoms with Gasteiger partial charge in [-0.05, 0) is 74.5 Å². The van der Waals surface area contributed by atoms with Crippen LogP contribution in [-0.4, -0.2) is 11.6 Å². The molecule has 2 nitrogen and oxygen atoms in total. The van der Waals surface area contributed by atoms with Gasteiger partial charge in [-0.3, -0.25) is 4.79 Å². The molecule has 5 atom stereocenters. The van der Waals surface area contributed by atoms with Crippen LogP contribution < -0.4 is 0 Å². The Bertz CT molecular complexity index is 814. The Morgan fingerprint density at radius 1 is 1.03 bits per heavy atom. The zero-order chi connectivity index (χ0) is 21.4. The van der Waals surface area contributed by atoms with Crippen molar-refractivity contribution in [2.75, 3.05) is 0 Å². The van der Waals surface area contributed by atoms with Gasteiger partial charge >= 0.3 is 0 Å². The van der Waals surface area contributed by atoms with Crippen molar-refractivity contribution in [1.29, 1.82) is 0 Å². The maximum atomic E-state index is 12.7. The van der Waals surface area contributed by atoms with Crippen LogP contribution in [0.2, 0.25) is 0 Å². The molecule has 4 aliphatic rings. The highest BCUT2D eigenvalue weighted by Crippen LogP contribution is 2.73. The summed E-state index contributed by atoms with van der Waals surface area (Å²) < 4.78 is 0. The molecule has 0 aromatic heterocycles. The minimum Gasteiger partial charge on any atom is -0.300 e. The van der Waals surface area contributed by atoms with E-state index in [4.69, 9.17) is 0 Å². The first-order valence-electron chi connectivity index (χ1n) is 11.9. The van der Waals surface area contributed by atoms with Gasteiger partial charge in [-0.25, -0.2) is 0 Å². The van der Waals surface area contributed by atoms with Crippen molar-refractivity contribution >= 4 is 11.6 Å². The summed E-state index contributed by atoms with van der Waals surface area (Å²) in [5.74, 6) is 1.60. The molecule has 0 aromatic rings. The Kier molecular flexibility index (Phi) is 4.66. The molecule has 2 saturated carbocycles. The summed E-state index contributed by atoms with van der Waals surface area (Å²) in [6.07, 6.45) is 9.24. The molecule has 4 aliphatic carbocycles. The monoisotopic (exact) mass is 396 g/mol. The van der Waals surface area contributed by atoms with Crippen molar-refractivity contribution in [2.45, 2.75) is 99.3 Å². The number of carbonyl (C=O) groups is 2. The lowest BCUT2D eigenvalue weighted by molar-refractivity contribution is -0.139. The van der Waals surface area contributed by atoms with E-state index in [1.165, 1.54) is 12.0 Å². The molecule has 1 spiro atoms. The van der Waals surface area contributed by atoms with Gasteiger partial charge in [0, 0.05) is 23.7 Å². The van der Waals surface area contributed by atoms with Gasteiger partial charge in [0.25, 0.3) is 0 Å². The third kappa shape index (κ3) is 2.53. The molecular weight excluding hydrogens is 356 g/mol. The molecule has 2 fully saturated rings. The van der Waals surface area contributed by atoms with Gasteiger partial charge in [-0.1, -0.05) is 57.9 Å². The Morgan fingerprint density at radius 3 is 2.38 bits per heavy atom. The van der Waals surface area contributed by atoms with Crippen LogP contribution >= 0.6 is 0 Å². The SMILES string of the molecule is C=C1CCC(C)(C(C)CC(C)=O)C12CCC1=C2CCC2C(C)(C)C(=O)CCC12C. The van der Waals surface area contributed by atoms with E-state index >= 15 is 0 Å². The predicted octanol–water partition coefficient (Wildman–Crippen LogP) is 6.84. The van der Waals surface area contributed by atoms with Gasteiger partial charge in [0.15, 0.2) is 0 Å². The molecule has 0 saturated heterocycles. The maximum absolute atomic E-state index is 12.7. The Labute approximate surface area is 177 Å². The number of rotatable bonds is 3. The van der Waals surface area contributed by atoms with Gasteiger partial charge in [0.05, 0.1) is 0 Å². The number of carbonyl (C=O) groups excluding carboxylic acids is 2. The van der Waals surface area contributed by atoms with Crippen LogP contribution in [0.5, 0.6) is 0 Å². The molecule has 2 heteroatoms. The van der Waals surface area contributed by atoms with Crippen LogP contribution in [-0.2, 0) is 9.59 Å². The third-order valence-electron chi connectivity index (χ3n) is 10.4. The van der Waals surface area contributed by atoms with Gasteiger partial charge < -0.3 is 4.79 Å². The molecule has 0 radical (unpaired) electrons. The normalized spacial score (nSPS) is 42.2. The Balaban J connectivity index is 1.82. The zero-order valence-corrected chi connectivity index (χ0v) is 19.5. The molecule has 4 rings (SSSR count). The lowest BCUT2D eigenvalue weighted by Crippen LogP contribution is -2.50. The molecule has 0 N–H and O–H groups in total. The Hall–Kier alpha value is -1.18. The van der Waals surface area contributed by atoms with E-state index < -0.39 is 0 Å². The second kappa shape index (κ2) is 6.41. The summed E-state index contributed by atoms with van der Waals surface area (Å²) in [6.45, 7) is 18.0. The second-order valence-electron chi connectivity index (χ2n) is 11.8. The smallest absolute Gasteiger partial charge is 0.138 e. The summed E-state index contributed by atoms with van der Waals surface area (Å²) >= 11 is 0. The molecule has 160 valence electrons. The first-order valence-corrected chi connectivity index (χ1v) is 11.9. The van der Waals surface area contributed by atoms with Gasteiger partial charge in [-0.15, -0.1) is 0 Å². The van der Waals surface area contributed by atoms with Crippen LogP contribution in [0, 0.1) is 33.5 Å². The number of fused-ring (bicyclic) bond motifs is 3. The van der Waals surface area contributed by atoms with Crippen LogP contribution in [0.1, 0.15) is 99.3 Å². The van der Waals surface area contributed by atoms with E-state index in [9.17, 15) is 9.59 Å². The number of ketones is 2. The van der Waals surface area contributed by atoms with Crippen molar-refractivity contribution in [3.05, 3.63) is 23.3 Å². The predicted molar refractivity (Wildman–Crippen MR) is 118 cm³/mol. The van der Waals surface area contributed by atoms with E-state index in [1.807, 2.05) is 0 Å². The molecular formula is C27H40O2. The van der Waals surface area contributed by atoms with E-state index in [0.29, 0.717) is 29.8 Å². The number of hydrogen-bond donors (Lipinski definition) is 0. The topological polar surface area (TPSA) is 34.1 Å². The quantitative estimate of drug-likeness (QED) is 0.489. The fraction of sp³-hybridized carbons (Fsp3) is 0.778. The Morgan fingerprint density at radius 2 is 1.72 bits per heavy atom. The fourth-order valence-electron chi connectivity index (χ4n) is 8.64. The van der Waals surface area contributed by atoms with Crippen molar-refractivity contribution in [2.24, 2.45) is 33.5 Å². The molecule has 29 heavy (non-hydrogen) atoms. The van der Waals surface area contributed by atoms with Gasteiger partial charge in [-0.2, -0.15) is 0 Å². The van der Waals surface area contributed by atoms with Crippen molar-refractivity contribution in [3.63, 3.8) is 0 Å². The highest BCUT2D eigenvalue weighted by Gasteiger charge is 2.64. The average molecular weight is 397 g/mol. The maximum Gasteiger partial charge on any atom is 0.138 e. The van der Waals surface area contributed by atoms with Gasteiger partial charge in [0.1, 0.15) is 11.6 Å². The summed E-state index contributed by atoms with van der Waals surface area (Å²) in [7, 11) is 0. The summed E-state index contributed by atoms with van der Waals surface area (Å²) in [4.78, 5) is 24.7. The summed E-state index contributed by atoms with van der Waals surface area (Å²) in [6, 6.07) is 0. The minimum atomic E-state index is -0.209. The standard InChI is InChI=1S/C27H40O2/c1-17-10-14-26(7,18(2)16-19(3)28)27(17)15-11-20-21(27)8-9-22-24(4,5)23(29)12-13-25(20,22)6/h18,22H,1,8-16H2,2-7H3. The fourth-order valence-corrected chi connectivity index (χ4v) is 8.64. The highest BCUT2D eigenvalue weighted by molar-refractivity contribution is 5.86. The minimum absolute atomic E-state index is 0.0801. The highest BCUT2D eigenvalue weighted by atomic mass is 16.1. The molecule has 0 heterocycles. The van der Waals surface area contributed by atoms with Crippen molar-refractivity contribution in [1.82, 2.24) is 0 Å². The van der Waals surface area contributed by atoms with Gasteiger partial charge in [0.2, 0.25) is 0 Å². The molecule has 5 unspecified atom stereocenters. The van der Waals surface area contributed by atoms with E-state index in [2.05, 4.69) is 41.2 Å². The number of hydrogen-bond acceptors (Lipinski definition) is 2. The molecule has 0 amide bonds. The lowest BCUT2D eigenvalue weighted by atomic mass is 9.48. The summed E-state index contributed by atoms with van der Waals surface area (Å²) in [5.41, 5.74) is 4.93. The van der Waals surface area contributed by atoms with E-state index in [1.54, 1.807) is 18.1 Å². The van der Waals surface area contributed by atoms with Crippen molar-refractivity contribution in [3.8, 4) is 0 Å². The van der Waals surface area contributed by atoms with E-state index in [0.717, 1.165) is 44.9 Å².